The van der Waals surface area contributed by atoms with Crippen molar-refractivity contribution in [1.82, 2.24) is 15.0 Å². The number of benzene rings is 1. The van der Waals surface area contributed by atoms with Gasteiger partial charge in [0.25, 0.3) is 0 Å². The normalized spacial score (nSPS) is 10.3. The number of hydrogen-bond acceptors (Lipinski definition) is 4. The third kappa shape index (κ3) is 3.80. The molecule has 2 rings (SSSR count). The van der Waals surface area contributed by atoms with Crippen LogP contribution in [-0.4, -0.2) is 15.0 Å². The Kier molecular flexibility index (Phi) is 4.15. The smallest absolute Gasteiger partial charge is 0.322 e. The fraction of sp³-hybridized carbons (Fsp3) is 0.100. The van der Waals surface area contributed by atoms with E-state index >= 15 is 0 Å². The van der Waals surface area contributed by atoms with Crippen LogP contribution in [0, 0.1) is 0 Å². The molecule has 2 aromatic rings. The van der Waals surface area contributed by atoms with Gasteiger partial charge in [0, 0.05) is 4.47 Å². The minimum atomic E-state index is 0.0100. The highest BCUT2D eigenvalue weighted by molar-refractivity contribution is 9.10. The van der Waals surface area contributed by atoms with Crippen molar-refractivity contribution in [2.45, 2.75) is 6.61 Å². The van der Waals surface area contributed by atoms with Crippen LogP contribution in [0.15, 0.2) is 28.7 Å². The molecule has 7 heteroatoms. The van der Waals surface area contributed by atoms with Gasteiger partial charge in [-0.3, -0.25) is 0 Å². The van der Waals surface area contributed by atoms with Crippen molar-refractivity contribution in [2.75, 3.05) is 0 Å². The van der Waals surface area contributed by atoms with E-state index in [2.05, 4.69) is 30.9 Å². The molecule has 1 heterocycles. The lowest BCUT2D eigenvalue weighted by Crippen LogP contribution is -2.01. The second kappa shape index (κ2) is 5.62. The first-order chi connectivity index (χ1) is 8.13. The molecule has 0 unspecified atom stereocenters. The van der Waals surface area contributed by atoms with Gasteiger partial charge in [-0.15, -0.1) is 0 Å². The summed E-state index contributed by atoms with van der Waals surface area (Å²) < 4.78 is 6.35. The topological polar surface area (TPSA) is 47.9 Å². The maximum atomic E-state index is 5.62. The SMILES string of the molecule is Clc1nc(Cl)nc(OCc2ccc(Br)cc2)n1. The number of rotatable bonds is 3. The third-order valence-electron chi connectivity index (χ3n) is 1.84. The largest absolute Gasteiger partial charge is 0.458 e. The van der Waals surface area contributed by atoms with E-state index in [0.717, 1.165) is 10.0 Å². The second-order valence-electron chi connectivity index (χ2n) is 3.07. The number of hydrogen-bond donors (Lipinski definition) is 0. The monoisotopic (exact) mass is 333 g/mol. The molecule has 0 amide bonds. The molecule has 0 spiro atoms. The molecule has 0 aliphatic rings. The van der Waals surface area contributed by atoms with Crippen LogP contribution >= 0.6 is 39.1 Å². The zero-order valence-electron chi connectivity index (χ0n) is 8.40. The first-order valence-corrected chi connectivity index (χ1v) is 6.13. The van der Waals surface area contributed by atoms with Crippen LogP contribution in [0.3, 0.4) is 0 Å². The summed E-state index contributed by atoms with van der Waals surface area (Å²) in [6.45, 7) is 0.337. The average Bonchev–Trinajstić information content (AvgIpc) is 2.27. The van der Waals surface area contributed by atoms with Crippen molar-refractivity contribution in [3.05, 3.63) is 44.9 Å². The minimum Gasteiger partial charge on any atom is -0.458 e. The molecule has 0 aliphatic heterocycles. The van der Waals surface area contributed by atoms with E-state index in [4.69, 9.17) is 27.9 Å². The van der Waals surface area contributed by atoms with Gasteiger partial charge in [-0.2, -0.15) is 15.0 Å². The van der Waals surface area contributed by atoms with Gasteiger partial charge < -0.3 is 4.74 Å². The molecule has 0 N–H and O–H groups in total. The van der Waals surface area contributed by atoms with Gasteiger partial charge in [-0.1, -0.05) is 28.1 Å². The number of aromatic nitrogens is 3. The molecule has 0 saturated carbocycles. The molecule has 0 aliphatic carbocycles. The van der Waals surface area contributed by atoms with Crippen molar-refractivity contribution < 1.29 is 4.74 Å². The summed E-state index contributed by atoms with van der Waals surface area (Å²) in [5.74, 6) is 0. The molecule has 1 aromatic heterocycles. The fourth-order valence-corrected chi connectivity index (χ4v) is 1.71. The Bertz CT molecular complexity index is 501. The first kappa shape index (κ1) is 12.5. The Balaban J connectivity index is 2.04. The van der Waals surface area contributed by atoms with E-state index in [1.807, 2.05) is 24.3 Å². The molecular weight excluding hydrogens is 329 g/mol. The number of ether oxygens (including phenoxy) is 1. The van der Waals surface area contributed by atoms with E-state index in [1.54, 1.807) is 0 Å². The third-order valence-corrected chi connectivity index (χ3v) is 2.71. The van der Waals surface area contributed by atoms with Crippen LogP contribution in [0.2, 0.25) is 10.6 Å². The Hall–Kier alpha value is -0.910. The van der Waals surface area contributed by atoms with E-state index in [0.29, 0.717) is 6.61 Å². The molecule has 0 saturated heterocycles. The molecule has 0 fully saturated rings. The van der Waals surface area contributed by atoms with Gasteiger partial charge in [0.2, 0.25) is 10.6 Å². The maximum Gasteiger partial charge on any atom is 0.322 e. The Morgan fingerprint density at radius 3 is 2.18 bits per heavy atom. The summed E-state index contributed by atoms with van der Waals surface area (Å²) >= 11 is 14.6. The molecule has 17 heavy (non-hydrogen) atoms. The van der Waals surface area contributed by atoms with Crippen molar-refractivity contribution >= 4 is 39.1 Å². The summed E-state index contributed by atoms with van der Waals surface area (Å²) in [7, 11) is 0. The molecule has 4 nitrogen and oxygen atoms in total. The molecule has 0 bridgehead atoms. The molecule has 88 valence electrons. The summed E-state index contributed by atoms with van der Waals surface area (Å²) in [6.07, 6.45) is 0. The van der Waals surface area contributed by atoms with E-state index in [-0.39, 0.29) is 16.6 Å². The van der Waals surface area contributed by atoms with E-state index < -0.39 is 0 Å². The van der Waals surface area contributed by atoms with Crippen LogP contribution in [0.1, 0.15) is 5.56 Å². The Morgan fingerprint density at radius 2 is 1.59 bits per heavy atom. The lowest BCUT2D eigenvalue weighted by molar-refractivity contribution is 0.279. The fourth-order valence-electron chi connectivity index (χ4n) is 1.10. The molecule has 0 atom stereocenters. The molecule has 0 radical (unpaired) electrons. The van der Waals surface area contributed by atoms with Gasteiger partial charge in [-0.25, -0.2) is 0 Å². The second-order valence-corrected chi connectivity index (χ2v) is 4.66. The van der Waals surface area contributed by atoms with Gasteiger partial charge >= 0.3 is 6.01 Å². The number of halogens is 3. The maximum absolute atomic E-state index is 5.62. The van der Waals surface area contributed by atoms with Crippen molar-refractivity contribution in [3.63, 3.8) is 0 Å². The Morgan fingerprint density at radius 1 is 1.00 bits per heavy atom. The zero-order valence-corrected chi connectivity index (χ0v) is 11.5. The quantitative estimate of drug-likeness (QED) is 0.861. The van der Waals surface area contributed by atoms with Gasteiger partial charge in [-0.05, 0) is 40.9 Å². The van der Waals surface area contributed by atoms with Crippen LogP contribution < -0.4 is 4.74 Å². The zero-order chi connectivity index (χ0) is 12.3. The summed E-state index contributed by atoms with van der Waals surface area (Å²) in [5, 5.41) is 0.0200. The highest BCUT2D eigenvalue weighted by atomic mass is 79.9. The van der Waals surface area contributed by atoms with Crippen LogP contribution in [0.4, 0.5) is 0 Å². The minimum absolute atomic E-state index is 0.0100. The van der Waals surface area contributed by atoms with Crippen molar-refractivity contribution in [3.8, 4) is 6.01 Å². The van der Waals surface area contributed by atoms with Crippen molar-refractivity contribution in [1.29, 1.82) is 0 Å². The summed E-state index contributed by atoms with van der Waals surface area (Å²) in [5.41, 5.74) is 0.987. The van der Waals surface area contributed by atoms with Crippen LogP contribution in [0.25, 0.3) is 0 Å². The van der Waals surface area contributed by atoms with E-state index in [1.165, 1.54) is 0 Å². The summed E-state index contributed by atoms with van der Waals surface area (Å²) in [6, 6.07) is 7.80. The van der Waals surface area contributed by atoms with Gasteiger partial charge in [0.1, 0.15) is 6.61 Å². The van der Waals surface area contributed by atoms with Crippen molar-refractivity contribution in [2.24, 2.45) is 0 Å². The molecular formula is C10H6BrCl2N3O. The highest BCUT2D eigenvalue weighted by Crippen LogP contribution is 2.14. The lowest BCUT2D eigenvalue weighted by Gasteiger charge is -2.04. The predicted molar refractivity (Wildman–Crippen MR) is 68.3 cm³/mol. The first-order valence-electron chi connectivity index (χ1n) is 4.58. The summed E-state index contributed by atoms with van der Waals surface area (Å²) in [4.78, 5) is 11.2. The van der Waals surface area contributed by atoms with Crippen LogP contribution in [-0.2, 0) is 6.61 Å². The van der Waals surface area contributed by atoms with Gasteiger partial charge in [0.05, 0.1) is 0 Å². The molecule has 1 aromatic carbocycles. The highest BCUT2D eigenvalue weighted by Gasteiger charge is 2.04. The number of nitrogens with zero attached hydrogens (tertiary/aromatic N) is 3. The predicted octanol–water partition coefficient (Wildman–Crippen LogP) is 3.52. The lowest BCUT2D eigenvalue weighted by atomic mass is 10.2. The van der Waals surface area contributed by atoms with Crippen LogP contribution in [0.5, 0.6) is 6.01 Å². The van der Waals surface area contributed by atoms with Gasteiger partial charge in [0.15, 0.2) is 0 Å². The van der Waals surface area contributed by atoms with E-state index in [9.17, 15) is 0 Å². The standard InChI is InChI=1S/C10H6BrCl2N3O/c11-7-3-1-6(2-4-7)5-17-10-15-8(12)14-9(13)16-10/h1-4H,5H2. The average molecular weight is 335 g/mol. The Labute approximate surface area is 116 Å².